The van der Waals surface area contributed by atoms with Crippen molar-refractivity contribution in [2.75, 3.05) is 26.9 Å². The molecular weight excluding hydrogens is 370 g/mol. The summed E-state index contributed by atoms with van der Waals surface area (Å²) in [7, 11) is 1.58. The Morgan fingerprint density at radius 1 is 1.07 bits per heavy atom. The molecule has 1 aliphatic carbocycles. The lowest BCUT2D eigenvalue weighted by atomic mass is 9.96. The molecule has 0 saturated carbocycles. The molecule has 0 radical (unpaired) electrons. The molecule has 0 fully saturated rings. The van der Waals surface area contributed by atoms with Crippen LogP contribution in [0.15, 0.2) is 48.5 Å². The van der Waals surface area contributed by atoms with Crippen LogP contribution in [0, 0.1) is 11.8 Å². The van der Waals surface area contributed by atoms with Crippen molar-refractivity contribution in [3.05, 3.63) is 59.7 Å². The van der Waals surface area contributed by atoms with E-state index in [1.807, 2.05) is 31.2 Å². The fourth-order valence-electron chi connectivity index (χ4n) is 3.97. The van der Waals surface area contributed by atoms with Crippen molar-refractivity contribution in [1.82, 2.24) is 5.32 Å². The van der Waals surface area contributed by atoms with Crippen LogP contribution in [0.1, 0.15) is 30.4 Å². The predicted molar refractivity (Wildman–Crippen MR) is 110 cm³/mol. The van der Waals surface area contributed by atoms with Crippen LogP contribution in [0.3, 0.4) is 0 Å². The summed E-state index contributed by atoms with van der Waals surface area (Å²) in [5.74, 6) is -1.55. The van der Waals surface area contributed by atoms with Gasteiger partial charge in [-0.15, -0.1) is 0 Å². The molecule has 29 heavy (non-hydrogen) atoms. The summed E-state index contributed by atoms with van der Waals surface area (Å²) >= 11 is 0. The SMILES string of the molecule is COCC(C)CC(CNC(=O)OCC1c2ccccc2-c2ccccc21)C(=O)O. The molecule has 0 heterocycles. The Bertz CT molecular complexity index is 820. The van der Waals surface area contributed by atoms with Gasteiger partial charge >= 0.3 is 12.1 Å². The summed E-state index contributed by atoms with van der Waals surface area (Å²) in [5, 5.41) is 12.0. The van der Waals surface area contributed by atoms with Gasteiger partial charge in [-0.05, 0) is 34.6 Å². The first-order valence-electron chi connectivity index (χ1n) is 9.81. The Labute approximate surface area is 170 Å². The summed E-state index contributed by atoms with van der Waals surface area (Å²) in [4.78, 5) is 23.7. The zero-order valence-electron chi connectivity index (χ0n) is 16.8. The zero-order valence-corrected chi connectivity index (χ0v) is 16.8. The predicted octanol–water partition coefficient (Wildman–Crippen LogP) is 3.90. The minimum Gasteiger partial charge on any atom is -0.481 e. The van der Waals surface area contributed by atoms with Crippen molar-refractivity contribution in [1.29, 1.82) is 0 Å². The molecule has 0 saturated heterocycles. The molecule has 0 aliphatic heterocycles. The molecule has 0 bridgehead atoms. The third-order valence-electron chi connectivity index (χ3n) is 5.32. The zero-order chi connectivity index (χ0) is 20.8. The Hall–Kier alpha value is -2.86. The summed E-state index contributed by atoms with van der Waals surface area (Å²) < 4.78 is 10.5. The second-order valence-electron chi connectivity index (χ2n) is 7.54. The lowest BCUT2D eigenvalue weighted by Crippen LogP contribution is -2.35. The van der Waals surface area contributed by atoms with Gasteiger partial charge in [-0.2, -0.15) is 0 Å². The quantitative estimate of drug-likeness (QED) is 0.670. The van der Waals surface area contributed by atoms with Gasteiger partial charge in [-0.1, -0.05) is 55.5 Å². The fraction of sp³-hybridized carbons (Fsp3) is 0.391. The maximum Gasteiger partial charge on any atom is 0.407 e. The Morgan fingerprint density at radius 3 is 2.21 bits per heavy atom. The number of fused-ring (bicyclic) bond motifs is 3. The number of methoxy groups -OCH3 is 1. The van der Waals surface area contributed by atoms with Gasteiger partial charge in [0.1, 0.15) is 6.61 Å². The number of carbonyl (C=O) groups is 2. The van der Waals surface area contributed by atoms with E-state index < -0.39 is 18.0 Å². The Balaban J connectivity index is 1.57. The second-order valence-corrected chi connectivity index (χ2v) is 7.54. The highest BCUT2D eigenvalue weighted by atomic mass is 16.5. The van der Waals surface area contributed by atoms with Crippen LogP contribution in [0.2, 0.25) is 0 Å². The van der Waals surface area contributed by atoms with Gasteiger partial charge in [0.25, 0.3) is 0 Å². The standard InChI is InChI=1S/C23H27NO5/c1-15(13-28-2)11-16(22(25)26)12-24-23(27)29-14-21-19-9-5-3-7-17(19)18-8-4-6-10-20(18)21/h3-10,15-16,21H,11-14H2,1-2H3,(H,24,27)(H,25,26). The lowest BCUT2D eigenvalue weighted by molar-refractivity contribution is -0.142. The van der Waals surface area contributed by atoms with Crippen LogP contribution < -0.4 is 5.32 Å². The number of carbonyl (C=O) groups excluding carboxylic acids is 1. The maximum absolute atomic E-state index is 12.2. The minimum atomic E-state index is -0.938. The van der Waals surface area contributed by atoms with E-state index in [-0.39, 0.29) is 25.0 Å². The summed E-state index contributed by atoms with van der Waals surface area (Å²) in [6, 6.07) is 16.2. The molecule has 3 rings (SSSR count). The Morgan fingerprint density at radius 2 is 1.66 bits per heavy atom. The number of ether oxygens (including phenoxy) is 2. The van der Waals surface area contributed by atoms with Crippen LogP contribution in [0.25, 0.3) is 11.1 Å². The number of hydrogen-bond acceptors (Lipinski definition) is 4. The number of aliphatic carboxylic acids is 1. The van der Waals surface area contributed by atoms with Gasteiger partial charge in [0, 0.05) is 26.2 Å². The van der Waals surface area contributed by atoms with Gasteiger partial charge in [-0.3, -0.25) is 4.79 Å². The van der Waals surface area contributed by atoms with Crippen LogP contribution in [-0.4, -0.2) is 44.0 Å². The number of amides is 1. The molecule has 0 spiro atoms. The minimum absolute atomic E-state index is 0.0230. The van der Waals surface area contributed by atoms with E-state index in [1.165, 1.54) is 0 Å². The highest BCUT2D eigenvalue weighted by molar-refractivity contribution is 5.79. The van der Waals surface area contributed by atoms with Crippen LogP contribution in [0.4, 0.5) is 4.79 Å². The van der Waals surface area contributed by atoms with Crippen molar-refractivity contribution in [3.63, 3.8) is 0 Å². The second kappa shape index (κ2) is 9.56. The number of hydrogen-bond donors (Lipinski definition) is 2. The molecule has 6 nitrogen and oxygen atoms in total. The summed E-state index contributed by atoms with van der Waals surface area (Å²) in [6.45, 7) is 2.64. The summed E-state index contributed by atoms with van der Waals surface area (Å²) in [5.41, 5.74) is 4.60. The molecule has 1 amide bonds. The van der Waals surface area contributed by atoms with Crippen molar-refractivity contribution in [2.45, 2.75) is 19.3 Å². The van der Waals surface area contributed by atoms with E-state index >= 15 is 0 Å². The van der Waals surface area contributed by atoms with Crippen LogP contribution in [0.5, 0.6) is 0 Å². The number of carboxylic acids is 1. The van der Waals surface area contributed by atoms with Crippen molar-refractivity contribution < 1.29 is 24.2 Å². The normalized spacial score (nSPS) is 14.6. The smallest absolute Gasteiger partial charge is 0.407 e. The number of benzene rings is 2. The first kappa shape index (κ1) is 20.9. The van der Waals surface area contributed by atoms with Crippen molar-refractivity contribution in [3.8, 4) is 11.1 Å². The van der Waals surface area contributed by atoms with Gasteiger partial charge < -0.3 is 19.9 Å². The van der Waals surface area contributed by atoms with Crippen LogP contribution >= 0.6 is 0 Å². The van der Waals surface area contributed by atoms with E-state index in [2.05, 4.69) is 29.6 Å². The van der Waals surface area contributed by atoms with Crippen LogP contribution in [-0.2, 0) is 14.3 Å². The summed E-state index contributed by atoms with van der Waals surface area (Å²) in [6.07, 6.45) is -0.176. The van der Waals surface area contributed by atoms with Gasteiger partial charge in [0.15, 0.2) is 0 Å². The molecule has 0 aromatic heterocycles. The Kier molecular flexibility index (Phi) is 6.88. The lowest BCUT2D eigenvalue weighted by Gasteiger charge is -2.18. The molecule has 6 heteroatoms. The number of alkyl carbamates (subject to hydrolysis) is 1. The van der Waals surface area contributed by atoms with Gasteiger partial charge in [0.05, 0.1) is 5.92 Å². The van der Waals surface area contributed by atoms with E-state index in [9.17, 15) is 14.7 Å². The molecular formula is C23H27NO5. The van der Waals surface area contributed by atoms with E-state index in [0.29, 0.717) is 13.0 Å². The molecule has 2 aromatic carbocycles. The van der Waals surface area contributed by atoms with E-state index in [0.717, 1.165) is 22.3 Å². The number of rotatable bonds is 9. The number of carboxylic acid groups (broad SMARTS) is 1. The van der Waals surface area contributed by atoms with Crippen molar-refractivity contribution >= 4 is 12.1 Å². The monoisotopic (exact) mass is 397 g/mol. The maximum atomic E-state index is 12.2. The average molecular weight is 397 g/mol. The highest BCUT2D eigenvalue weighted by Gasteiger charge is 2.29. The van der Waals surface area contributed by atoms with E-state index in [4.69, 9.17) is 9.47 Å². The largest absolute Gasteiger partial charge is 0.481 e. The highest BCUT2D eigenvalue weighted by Crippen LogP contribution is 2.44. The fourth-order valence-corrected chi connectivity index (χ4v) is 3.97. The molecule has 154 valence electrons. The molecule has 1 aliphatic rings. The molecule has 2 aromatic rings. The molecule has 2 N–H and O–H groups in total. The van der Waals surface area contributed by atoms with Crippen molar-refractivity contribution in [2.24, 2.45) is 11.8 Å². The topological polar surface area (TPSA) is 84.9 Å². The first-order chi connectivity index (χ1) is 14.0. The third kappa shape index (κ3) is 4.95. The van der Waals surface area contributed by atoms with Gasteiger partial charge in [-0.25, -0.2) is 4.79 Å². The molecule has 2 unspecified atom stereocenters. The molecule has 2 atom stereocenters. The average Bonchev–Trinajstić information content (AvgIpc) is 3.03. The van der Waals surface area contributed by atoms with Gasteiger partial charge in [0.2, 0.25) is 0 Å². The first-order valence-corrected chi connectivity index (χ1v) is 9.81. The number of nitrogens with one attached hydrogen (secondary N) is 1. The van der Waals surface area contributed by atoms with E-state index in [1.54, 1.807) is 7.11 Å². The third-order valence-corrected chi connectivity index (χ3v) is 5.32.